The lowest BCUT2D eigenvalue weighted by Gasteiger charge is -2.10. The highest BCUT2D eigenvalue weighted by Crippen LogP contribution is 2.09. The van der Waals surface area contributed by atoms with Crippen molar-refractivity contribution in [3.05, 3.63) is 71.3 Å². The predicted molar refractivity (Wildman–Crippen MR) is 86.9 cm³/mol. The number of esters is 1. The topological polar surface area (TPSA) is 76.0 Å². The molecule has 5 heteroatoms. The summed E-state index contributed by atoms with van der Waals surface area (Å²) in [6, 6.07) is 15.2. The van der Waals surface area contributed by atoms with Gasteiger partial charge in [0.15, 0.2) is 6.04 Å². The van der Waals surface area contributed by atoms with Gasteiger partial charge < -0.3 is 9.84 Å². The van der Waals surface area contributed by atoms with Crippen molar-refractivity contribution < 1.29 is 19.4 Å². The Balaban J connectivity index is 2.13. The number of methoxy groups -OCH3 is 1. The number of rotatable bonds is 6. The third-order valence-corrected chi connectivity index (χ3v) is 3.31. The summed E-state index contributed by atoms with van der Waals surface area (Å²) < 4.78 is 4.79. The normalized spacial score (nSPS) is 12.0. The number of hydrogen-bond donors (Lipinski definition) is 1. The van der Waals surface area contributed by atoms with E-state index in [1.54, 1.807) is 18.3 Å². The van der Waals surface area contributed by atoms with Crippen LogP contribution in [0.25, 0.3) is 0 Å². The number of aliphatic imine (C=N–C) groups is 1. The first-order valence-corrected chi connectivity index (χ1v) is 7.08. The molecule has 2 aromatic rings. The van der Waals surface area contributed by atoms with E-state index in [9.17, 15) is 9.59 Å². The summed E-state index contributed by atoms with van der Waals surface area (Å²) >= 11 is 0. The third kappa shape index (κ3) is 4.78. The van der Waals surface area contributed by atoms with Crippen molar-refractivity contribution in [2.45, 2.75) is 12.5 Å². The molecule has 0 bridgehead atoms. The number of carbonyl (C=O) groups is 2. The smallest absolute Gasteiger partial charge is 0.335 e. The van der Waals surface area contributed by atoms with Gasteiger partial charge in [-0.3, -0.25) is 4.99 Å². The minimum atomic E-state index is -0.981. The standard InChI is InChI=1S/C18H17NO4/c1-23-18(22)16(11-13-5-3-2-4-6-13)19-12-14-7-9-15(10-8-14)17(20)21/h2-10,12,16H,11H2,1H3,(H,20,21)/b19-12+. The largest absolute Gasteiger partial charge is 0.478 e. The van der Waals surface area contributed by atoms with Crippen LogP contribution in [0.15, 0.2) is 59.6 Å². The molecular formula is C18H17NO4. The van der Waals surface area contributed by atoms with Crippen LogP contribution in [0.2, 0.25) is 0 Å². The first-order chi connectivity index (χ1) is 11.1. The molecule has 0 fully saturated rings. The van der Waals surface area contributed by atoms with Crippen molar-refractivity contribution in [1.82, 2.24) is 0 Å². The monoisotopic (exact) mass is 311 g/mol. The molecule has 0 saturated heterocycles. The predicted octanol–water partition coefficient (Wildman–Crippen LogP) is 2.59. The van der Waals surface area contributed by atoms with Gasteiger partial charge in [-0.1, -0.05) is 42.5 Å². The van der Waals surface area contributed by atoms with Crippen LogP contribution < -0.4 is 0 Å². The Bertz CT molecular complexity index is 693. The Hall–Kier alpha value is -2.95. The zero-order valence-corrected chi connectivity index (χ0v) is 12.7. The Morgan fingerprint density at radius 1 is 1.13 bits per heavy atom. The van der Waals surface area contributed by atoms with E-state index >= 15 is 0 Å². The average Bonchev–Trinajstić information content (AvgIpc) is 2.59. The highest BCUT2D eigenvalue weighted by molar-refractivity contribution is 5.89. The summed E-state index contributed by atoms with van der Waals surface area (Å²) in [6.07, 6.45) is 1.99. The Labute approximate surface area is 134 Å². The van der Waals surface area contributed by atoms with Crippen LogP contribution in [0.4, 0.5) is 0 Å². The first-order valence-electron chi connectivity index (χ1n) is 7.08. The number of carboxylic acid groups (broad SMARTS) is 1. The molecule has 0 amide bonds. The summed E-state index contributed by atoms with van der Waals surface area (Å²) in [6.45, 7) is 0. The number of hydrogen-bond acceptors (Lipinski definition) is 4. The number of benzene rings is 2. The molecule has 118 valence electrons. The summed E-state index contributed by atoms with van der Waals surface area (Å²) in [5.41, 5.74) is 1.91. The van der Waals surface area contributed by atoms with Crippen molar-refractivity contribution in [3.63, 3.8) is 0 Å². The summed E-state index contributed by atoms with van der Waals surface area (Å²) in [4.78, 5) is 27.0. The van der Waals surface area contributed by atoms with Crippen molar-refractivity contribution in [3.8, 4) is 0 Å². The molecule has 0 aromatic heterocycles. The number of carboxylic acids is 1. The molecule has 23 heavy (non-hydrogen) atoms. The van der Waals surface area contributed by atoms with Gasteiger partial charge in [-0.15, -0.1) is 0 Å². The molecule has 2 rings (SSSR count). The summed E-state index contributed by atoms with van der Waals surface area (Å²) in [5.74, 6) is -1.39. The van der Waals surface area contributed by atoms with Crippen molar-refractivity contribution in [2.75, 3.05) is 7.11 Å². The molecule has 0 aliphatic rings. The van der Waals surface area contributed by atoms with Crippen LogP contribution in [0.1, 0.15) is 21.5 Å². The van der Waals surface area contributed by atoms with E-state index in [0.717, 1.165) is 11.1 Å². The molecule has 0 aliphatic carbocycles. The highest BCUT2D eigenvalue weighted by atomic mass is 16.5. The maximum absolute atomic E-state index is 11.9. The van der Waals surface area contributed by atoms with E-state index in [2.05, 4.69) is 4.99 Å². The third-order valence-electron chi connectivity index (χ3n) is 3.31. The number of carbonyl (C=O) groups excluding carboxylic acids is 1. The number of aromatic carboxylic acids is 1. The van der Waals surface area contributed by atoms with E-state index in [0.29, 0.717) is 6.42 Å². The van der Waals surface area contributed by atoms with Gasteiger partial charge >= 0.3 is 11.9 Å². The SMILES string of the molecule is COC(=O)C(Cc1ccccc1)/N=C/c1ccc(C(=O)O)cc1. The van der Waals surface area contributed by atoms with Crippen molar-refractivity contribution >= 4 is 18.2 Å². The van der Waals surface area contributed by atoms with Gasteiger partial charge in [0.2, 0.25) is 0 Å². The molecule has 1 unspecified atom stereocenters. The van der Waals surface area contributed by atoms with Crippen LogP contribution in [0.3, 0.4) is 0 Å². The molecule has 2 aromatic carbocycles. The van der Waals surface area contributed by atoms with Crippen LogP contribution >= 0.6 is 0 Å². The fraction of sp³-hybridized carbons (Fsp3) is 0.167. The molecule has 0 heterocycles. The van der Waals surface area contributed by atoms with Gasteiger partial charge in [0.1, 0.15) is 0 Å². The number of nitrogens with zero attached hydrogens (tertiary/aromatic N) is 1. The molecule has 0 radical (unpaired) electrons. The lowest BCUT2D eigenvalue weighted by atomic mass is 10.1. The Morgan fingerprint density at radius 3 is 2.35 bits per heavy atom. The van der Waals surface area contributed by atoms with E-state index in [1.165, 1.54) is 19.2 Å². The van der Waals surface area contributed by atoms with E-state index in [1.807, 2.05) is 30.3 Å². The van der Waals surface area contributed by atoms with Gasteiger partial charge in [-0.05, 0) is 23.3 Å². The van der Waals surface area contributed by atoms with Gasteiger partial charge in [-0.25, -0.2) is 9.59 Å². The summed E-state index contributed by atoms with van der Waals surface area (Å²) in [5, 5.41) is 8.87. The van der Waals surface area contributed by atoms with Crippen LogP contribution in [0, 0.1) is 0 Å². The lowest BCUT2D eigenvalue weighted by molar-refractivity contribution is -0.142. The second-order valence-corrected chi connectivity index (χ2v) is 4.93. The fourth-order valence-electron chi connectivity index (χ4n) is 2.06. The fourth-order valence-corrected chi connectivity index (χ4v) is 2.06. The second kappa shape index (κ2) is 7.89. The highest BCUT2D eigenvalue weighted by Gasteiger charge is 2.17. The maximum atomic E-state index is 11.9. The minimum absolute atomic E-state index is 0.205. The summed E-state index contributed by atoms with van der Waals surface area (Å²) in [7, 11) is 1.33. The quantitative estimate of drug-likeness (QED) is 0.657. The van der Waals surface area contributed by atoms with Gasteiger partial charge in [0, 0.05) is 12.6 Å². The van der Waals surface area contributed by atoms with Crippen LogP contribution in [-0.2, 0) is 16.0 Å². The molecule has 0 saturated carbocycles. The van der Waals surface area contributed by atoms with E-state index < -0.39 is 18.0 Å². The van der Waals surface area contributed by atoms with Crippen LogP contribution in [-0.4, -0.2) is 36.4 Å². The zero-order chi connectivity index (χ0) is 16.7. The van der Waals surface area contributed by atoms with Gasteiger partial charge in [-0.2, -0.15) is 0 Å². The first kappa shape index (κ1) is 16.4. The average molecular weight is 311 g/mol. The maximum Gasteiger partial charge on any atom is 0.335 e. The molecule has 0 spiro atoms. The van der Waals surface area contributed by atoms with Crippen molar-refractivity contribution in [1.29, 1.82) is 0 Å². The van der Waals surface area contributed by atoms with Crippen molar-refractivity contribution in [2.24, 2.45) is 4.99 Å². The number of ether oxygens (including phenoxy) is 1. The van der Waals surface area contributed by atoms with E-state index in [-0.39, 0.29) is 5.56 Å². The zero-order valence-electron chi connectivity index (χ0n) is 12.7. The van der Waals surface area contributed by atoms with Gasteiger partial charge in [0.05, 0.1) is 12.7 Å². The Kier molecular flexibility index (Phi) is 5.63. The molecule has 0 aliphatic heterocycles. The minimum Gasteiger partial charge on any atom is -0.478 e. The Morgan fingerprint density at radius 2 is 1.78 bits per heavy atom. The molecular weight excluding hydrogens is 294 g/mol. The van der Waals surface area contributed by atoms with Crippen LogP contribution in [0.5, 0.6) is 0 Å². The second-order valence-electron chi connectivity index (χ2n) is 4.93. The molecule has 1 atom stereocenters. The molecule has 5 nitrogen and oxygen atoms in total. The van der Waals surface area contributed by atoms with E-state index in [4.69, 9.17) is 9.84 Å². The lowest BCUT2D eigenvalue weighted by Crippen LogP contribution is -2.23. The van der Waals surface area contributed by atoms with Gasteiger partial charge in [0.25, 0.3) is 0 Å². The molecule has 1 N–H and O–H groups in total.